The van der Waals surface area contributed by atoms with Crippen molar-refractivity contribution in [2.75, 3.05) is 18.9 Å². The lowest BCUT2D eigenvalue weighted by atomic mass is 10.1. The zero-order valence-corrected chi connectivity index (χ0v) is 28.5. The molecule has 0 bridgehead atoms. The first-order chi connectivity index (χ1) is 22.6. The summed E-state index contributed by atoms with van der Waals surface area (Å²) in [6.07, 6.45) is 2.12. The zero-order chi connectivity index (χ0) is 33.6. The number of carbonyl (C=O) groups excluding carboxylic acids is 1. The van der Waals surface area contributed by atoms with Crippen LogP contribution in [0.4, 0.5) is 5.82 Å². The molecule has 5 rings (SSSR count). The predicted molar refractivity (Wildman–Crippen MR) is 185 cm³/mol. The van der Waals surface area contributed by atoms with Crippen LogP contribution in [0.5, 0.6) is 5.75 Å². The maximum Gasteiger partial charge on any atom is 0.459 e. The van der Waals surface area contributed by atoms with Crippen LogP contribution in [-0.2, 0) is 30.0 Å². The Hall–Kier alpha value is -4.02. The highest BCUT2D eigenvalue weighted by Crippen LogP contribution is 2.48. The molecule has 2 heterocycles. The SMILES string of the molecule is CCCC[C@H](COP(=O)(N[C@@H](C)C(=O)OC(C)C)Oc1cccc2ccccc12)n1c(COCC)nc2c(N)nc3ccccc3c21. The van der Waals surface area contributed by atoms with E-state index in [-0.39, 0.29) is 25.4 Å². The number of nitrogen functional groups attached to an aromatic ring is 1. The van der Waals surface area contributed by atoms with E-state index in [1.54, 1.807) is 26.8 Å². The summed E-state index contributed by atoms with van der Waals surface area (Å²) in [6, 6.07) is 19.6. The number of hydrogen-bond donors (Lipinski definition) is 2. The minimum atomic E-state index is -4.19. The maximum absolute atomic E-state index is 14.7. The van der Waals surface area contributed by atoms with Gasteiger partial charge >= 0.3 is 13.7 Å². The average molecular weight is 662 g/mol. The molecule has 12 heteroatoms. The summed E-state index contributed by atoms with van der Waals surface area (Å²) in [6.45, 7) is 9.84. The second-order valence-corrected chi connectivity index (χ2v) is 13.4. The standard InChI is InChI=1S/C35H44N5O6P/c1-6-8-16-26(40-31(22-43-7-2)38-32-33(40)28-18-11-12-19-29(28)37-34(32)36)21-44-47(42,39-24(5)35(41)45-23(3)4)46-30-20-13-15-25-14-9-10-17-27(25)30/h9-15,17-20,23-24,26H,6-8,16,21-22H2,1-5H3,(H2,36,37)(H,39,42)/t24-,26+,47?/m0/s1. The average Bonchev–Trinajstić information content (AvgIpc) is 3.44. The highest BCUT2D eigenvalue weighted by atomic mass is 31.2. The molecule has 3 atom stereocenters. The van der Waals surface area contributed by atoms with E-state index in [1.807, 2.05) is 67.6 Å². The number of nitrogens with one attached hydrogen (secondary N) is 1. The number of ether oxygens (including phenoxy) is 2. The lowest BCUT2D eigenvalue weighted by molar-refractivity contribution is -0.149. The number of hydrogen-bond acceptors (Lipinski definition) is 9. The first-order valence-corrected chi connectivity index (χ1v) is 17.7. The Kier molecular flexibility index (Phi) is 11.1. The largest absolute Gasteiger partial charge is 0.462 e. The first-order valence-electron chi connectivity index (χ1n) is 16.2. The number of esters is 1. The molecule has 2 aromatic heterocycles. The summed E-state index contributed by atoms with van der Waals surface area (Å²) in [7, 11) is -4.19. The summed E-state index contributed by atoms with van der Waals surface area (Å²) in [5.74, 6) is 0.767. The fraction of sp³-hybridized carbons (Fsp3) is 0.400. The molecule has 0 radical (unpaired) electrons. The van der Waals surface area contributed by atoms with Gasteiger partial charge in [-0.2, -0.15) is 5.09 Å². The first kappa shape index (κ1) is 34.3. The number of unbranched alkanes of at least 4 members (excludes halogenated alkanes) is 1. The van der Waals surface area contributed by atoms with Crippen molar-refractivity contribution in [3.05, 3.63) is 72.6 Å². The third-order valence-electron chi connectivity index (χ3n) is 7.78. The topological polar surface area (TPSA) is 140 Å². The van der Waals surface area contributed by atoms with E-state index in [0.29, 0.717) is 35.9 Å². The van der Waals surface area contributed by atoms with Gasteiger partial charge in [-0.15, -0.1) is 0 Å². The van der Waals surface area contributed by atoms with Gasteiger partial charge in [0.1, 0.15) is 29.7 Å². The number of fused-ring (bicyclic) bond motifs is 4. The van der Waals surface area contributed by atoms with E-state index >= 15 is 0 Å². The van der Waals surface area contributed by atoms with Crippen molar-refractivity contribution < 1.29 is 27.9 Å². The Morgan fingerprint density at radius 3 is 2.45 bits per heavy atom. The molecule has 3 aromatic carbocycles. The lowest BCUT2D eigenvalue weighted by Crippen LogP contribution is -2.36. The fourth-order valence-corrected chi connectivity index (χ4v) is 7.13. The van der Waals surface area contributed by atoms with Crippen LogP contribution in [0.25, 0.3) is 32.7 Å². The van der Waals surface area contributed by atoms with Crippen molar-refractivity contribution in [1.29, 1.82) is 0 Å². The number of nitrogens with two attached hydrogens (primary N) is 1. The Labute approximate surface area is 275 Å². The monoisotopic (exact) mass is 661 g/mol. The van der Waals surface area contributed by atoms with Crippen molar-refractivity contribution in [3.8, 4) is 5.75 Å². The highest BCUT2D eigenvalue weighted by Gasteiger charge is 2.35. The molecule has 47 heavy (non-hydrogen) atoms. The quantitative estimate of drug-likeness (QED) is 0.0798. The molecule has 11 nitrogen and oxygen atoms in total. The van der Waals surface area contributed by atoms with Gasteiger partial charge in [0.2, 0.25) is 0 Å². The van der Waals surface area contributed by atoms with Crippen LogP contribution in [0.15, 0.2) is 66.7 Å². The lowest BCUT2D eigenvalue weighted by Gasteiger charge is -2.27. The fourth-order valence-electron chi connectivity index (χ4n) is 5.59. The van der Waals surface area contributed by atoms with Gasteiger partial charge in [0, 0.05) is 17.4 Å². The number of benzene rings is 3. The van der Waals surface area contributed by atoms with Gasteiger partial charge in [-0.3, -0.25) is 9.32 Å². The van der Waals surface area contributed by atoms with Crippen LogP contribution >= 0.6 is 7.75 Å². The minimum Gasteiger partial charge on any atom is -0.462 e. The molecule has 0 saturated heterocycles. The second kappa shape index (κ2) is 15.3. The number of nitrogens with zero attached hydrogens (tertiary/aromatic N) is 3. The Balaban J connectivity index is 1.57. The number of rotatable bonds is 16. The number of aromatic nitrogens is 3. The van der Waals surface area contributed by atoms with Crippen LogP contribution in [0.3, 0.4) is 0 Å². The van der Waals surface area contributed by atoms with Crippen LogP contribution in [-0.4, -0.2) is 45.9 Å². The summed E-state index contributed by atoms with van der Waals surface area (Å²) >= 11 is 0. The molecule has 3 N–H and O–H groups in total. The van der Waals surface area contributed by atoms with E-state index in [2.05, 4.69) is 21.6 Å². The number of pyridine rings is 1. The van der Waals surface area contributed by atoms with Crippen LogP contribution in [0.1, 0.15) is 65.7 Å². The van der Waals surface area contributed by atoms with Gasteiger partial charge < -0.3 is 24.3 Å². The number of para-hydroxylation sites is 1. The van der Waals surface area contributed by atoms with E-state index in [0.717, 1.165) is 40.0 Å². The van der Waals surface area contributed by atoms with E-state index in [1.165, 1.54) is 0 Å². The molecule has 5 aromatic rings. The van der Waals surface area contributed by atoms with Gasteiger partial charge in [-0.25, -0.2) is 14.5 Å². The normalized spacial score (nSPS) is 14.4. The maximum atomic E-state index is 14.7. The van der Waals surface area contributed by atoms with Crippen LogP contribution in [0.2, 0.25) is 0 Å². The molecular weight excluding hydrogens is 617 g/mol. The number of imidazole rings is 1. The Morgan fingerprint density at radius 1 is 0.979 bits per heavy atom. The zero-order valence-electron chi connectivity index (χ0n) is 27.6. The summed E-state index contributed by atoms with van der Waals surface area (Å²) in [5, 5.41) is 5.40. The molecule has 0 fully saturated rings. The number of carbonyl (C=O) groups is 1. The van der Waals surface area contributed by atoms with Gasteiger partial charge in [0.05, 0.1) is 29.8 Å². The highest BCUT2D eigenvalue weighted by molar-refractivity contribution is 7.52. The molecule has 0 saturated carbocycles. The molecular formula is C35H44N5O6P. The molecule has 250 valence electrons. The van der Waals surface area contributed by atoms with Crippen molar-refractivity contribution >= 4 is 52.2 Å². The van der Waals surface area contributed by atoms with Gasteiger partial charge in [-0.05, 0) is 51.6 Å². The third-order valence-corrected chi connectivity index (χ3v) is 9.41. The molecule has 0 spiro atoms. The second-order valence-electron chi connectivity index (χ2n) is 11.7. The van der Waals surface area contributed by atoms with Gasteiger partial charge in [0.15, 0.2) is 5.82 Å². The third kappa shape index (κ3) is 7.93. The predicted octanol–water partition coefficient (Wildman–Crippen LogP) is 7.72. The molecule has 0 amide bonds. The van der Waals surface area contributed by atoms with Gasteiger partial charge in [-0.1, -0.05) is 74.4 Å². The molecule has 0 aliphatic rings. The van der Waals surface area contributed by atoms with Crippen molar-refractivity contribution in [1.82, 2.24) is 19.6 Å². The van der Waals surface area contributed by atoms with E-state index < -0.39 is 19.8 Å². The van der Waals surface area contributed by atoms with E-state index in [9.17, 15) is 9.36 Å². The van der Waals surface area contributed by atoms with Crippen molar-refractivity contribution in [2.45, 2.75) is 78.7 Å². The van der Waals surface area contributed by atoms with Crippen LogP contribution in [0, 0.1) is 0 Å². The van der Waals surface area contributed by atoms with Crippen molar-refractivity contribution in [3.63, 3.8) is 0 Å². The summed E-state index contributed by atoms with van der Waals surface area (Å²) in [4.78, 5) is 22.3. The molecule has 0 aliphatic carbocycles. The Morgan fingerprint density at radius 2 is 1.70 bits per heavy atom. The number of anilines is 1. The molecule has 0 aliphatic heterocycles. The van der Waals surface area contributed by atoms with Crippen LogP contribution < -0.4 is 15.3 Å². The molecule has 1 unspecified atom stereocenters. The minimum absolute atomic E-state index is 0.0257. The smallest absolute Gasteiger partial charge is 0.459 e. The summed E-state index contributed by atoms with van der Waals surface area (Å²) in [5.41, 5.74) is 8.56. The van der Waals surface area contributed by atoms with E-state index in [4.69, 9.17) is 29.2 Å². The Bertz CT molecular complexity index is 1890. The van der Waals surface area contributed by atoms with Crippen molar-refractivity contribution in [2.24, 2.45) is 0 Å². The summed E-state index contributed by atoms with van der Waals surface area (Å²) < 4.78 is 40.6. The van der Waals surface area contributed by atoms with Gasteiger partial charge in [0.25, 0.3) is 0 Å².